The average molecular weight is 228 g/mol. The summed E-state index contributed by atoms with van der Waals surface area (Å²) in [7, 11) is 0. The molecule has 4 heteroatoms. The molecule has 94 valence electrons. The lowest BCUT2D eigenvalue weighted by molar-refractivity contribution is -0.133. The van der Waals surface area contributed by atoms with Crippen molar-refractivity contribution in [2.75, 3.05) is 26.2 Å². The van der Waals surface area contributed by atoms with Gasteiger partial charge in [-0.05, 0) is 18.8 Å². The smallest absolute Gasteiger partial charge is 0.222 e. The first-order valence-electron chi connectivity index (χ1n) is 6.29. The van der Waals surface area contributed by atoms with Gasteiger partial charge in [0, 0.05) is 32.1 Å². The van der Waals surface area contributed by atoms with Crippen LogP contribution in [0.2, 0.25) is 0 Å². The molecule has 2 N–H and O–H groups in total. The van der Waals surface area contributed by atoms with E-state index in [0.29, 0.717) is 24.9 Å². The highest BCUT2D eigenvalue weighted by Gasteiger charge is 2.26. The third-order valence-electron chi connectivity index (χ3n) is 3.02. The molecule has 0 bridgehead atoms. The van der Waals surface area contributed by atoms with E-state index in [4.69, 9.17) is 5.11 Å². The van der Waals surface area contributed by atoms with Gasteiger partial charge in [0.2, 0.25) is 5.91 Å². The molecule has 1 rings (SSSR count). The molecule has 0 aromatic heterocycles. The highest BCUT2D eigenvalue weighted by atomic mass is 16.3. The molecule has 1 amide bonds. The second-order valence-electron chi connectivity index (χ2n) is 4.76. The van der Waals surface area contributed by atoms with E-state index in [9.17, 15) is 4.79 Å². The van der Waals surface area contributed by atoms with Crippen LogP contribution in [-0.2, 0) is 4.79 Å². The number of nitrogens with one attached hydrogen (secondary N) is 1. The molecule has 0 aromatic rings. The average Bonchev–Trinajstić information content (AvgIpc) is 2.26. The summed E-state index contributed by atoms with van der Waals surface area (Å²) in [5.41, 5.74) is 0. The predicted molar refractivity (Wildman–Crippen MR) is 64.1 cm³/mol. The molecule has 2 atom stereocenters. The largest absolute Gasteiger partial charge is 0.395 e. The van der Waals surface area contributed by atoms with Crippen molar-refractivity contribution in [1.82, 2.24) is 10.2 Å². The number of likely N-dealkylation sites (tertiary alicyclic amines) is 1. The summed E-state index contributed by atoms with van der Waals surface area (Å²) in [6, 6.07) is 0.344. The van der Waals surface area contributed by atoms with Crippen molar-refractivity contribution < 1.29 is 9.90 Å². The van der Waals surface area contributed by atoms with Crippen LogP contribution in [0.5, 0.6) is 0 Å². The van der Waals surface area contributed by atoms with Crippen LogP contribution in [0.15, 0.2) is 0 Å². The molecular weight excluding hydrogens is 204 g/mol. The first-order valence-corrected chi connectivity index (χ1v) is 6.29. The molecule has 4 nitrogen and oxygen atoms in total. The molecule has 0 saturated carbocycles. The zero-order chi connectivity index (χ0) is 12.0. The van der Waals surface area contributed by atoms with Crippen LogP contribution in [0.25, 0.3) is 0 Å². The fourth-order valence-electron chi connectivity index (χ4n) is 2.34. The van der Waals surface area contributed by atoms with E-state index in [1.807, 2.05) is 11.8 Å². The summed E-state index contributed by atoms with van der Waals surface area (Å²) >= 11 is 0. The maximum absolute atomic E-state index is 11.8. The van der Waals surface area contributed by atoms with Crippen molar-refractivity contribution in [3.05, 3.63) is 0 Å². The van der Waals surface area contributed by atoms with Crippen LogP contribution in [0.1, 0.15) is 33.1 Å². The summed E-state index contributed by atoms with van der Waals surface area (Å²) in [5, 5.41) is 12.1. The number of rotatable bonds is 5. The molecule has 0 aliphatic carbocycles. The van der Waals surface area contributed by atoms with Gasteiger partial charge in [-0.25, -0.2) is 0 Å². The van der Waals surface area contributed by atoms with Gasteiger partial charge in [-0.2, -0.15) is 0 Å². The van der Waals surface area contributed by atoms with E-state index in [-0.39, 0.29) is 12.5 Å². The van der Waals surface area contributed by atoms with E-state index in [1.54, 1.807) is 0 Å². The van der Waals surface area contributed by atoms with Gasteiger partial charge in [0.05, 0.1) is 6.61 Å². The first kappa shape index (κ1) is 13.5. The molecule has 0 radical (unpaired) electrons. The number of aliphatic hydroxyl groups is 1. The Morgan fingerprint density at radius 2 is 2.25 bits per heavy atom. The topological polar surface area (TPSA) is 52.6 Å². The van der Waals surface area contributed by atoms with Crippen molar-refractivity contribution in [3.63, 3.8) is 0 Å². The van der Waals surface area contributed by atoms with E-state index in [1.165, 1.54) is 0 Å². The number of aliphatic hydroxyl groups excluding tert-OH is 1. The van der Waals surface area contributed by atoms with Gasteiger partial charge >= 0.3 is 0 Å². The first-order chi connectivity index (χ1) is 7.67. The Labute approximate surface area is 98.0 Å². The minimum atomic E-state index is 0.161. The number of hydrogen-bond donors (Lipinski definition) is 2. The van der Waals surface area contributed by atoms with E-state index < -0.39 is 0 Å². The Balaban J connectivity index is 2.43. The molecule has 1 aliphatic heterocycles. The fraction of sp³-hybridized carbons (Fsp3) is 0.917. The molecule has 1 saturated heterocycles. The minimum Gasteiger partial charge on any atom is -0.395 e. The Kier molecular flexibility index (Phi) is 5.77. The molecule has 1 heterocycles. The van der Waals surface area contributed by atoms with Gasteiger partial charge in [0.25, 0.3) is 0 Å². The van der Waals surface area contributed by atoms with E-state index >= 15 is 0 Å². The predicted octanol–water partition coefficient (Wildman–Crippen LogP) is 0.605. The van der Waals surface area contributed by atoms with Gasteiger partial charge in [-0.15, -0.1) is 0 Å². The summed E-state index contributed by atoms with van der Waals surface area (Å²) in [6.07, 6.45) is 2.66. The molecule has 0 aromatic carbocycles. The Morgan fingerprint density at radius 1 is 1.50 bits per heavy atom. The molecule has 1 aliphatic rings. The number of amides is 1. The minimum absolute atomic E-state index is 0.161. The standard InChI is InChI=1S/C12H24N2O2/c1-3-4-12(16)14-8-10(2)7-11(9-14)13-5-6-15/h10-11,13,15H,3-9H2,1-2H3. The lowest BCUT2D eigenvalue weighted by Gasteiger charge is -2.37. The number of piperidine rings is 1. The number of nitrogens with zero attached hydrogens (tertiary/aromatic N) is 1. The summed E-state index contributed by atoms with van der Waals surface area (Å²) < 4.78 is 0. The third-order valence-corrected chi connectivity index (χ3v) is 3.02. The van der Waals surface area contributed by atoms with Crippen LogP contribution in [-0.4, -0.2) is 48.2 Å². The number of carbonyl (C=O) groups is 1. The van der Waals surface area contributed by atoms with Gasteiger partial charge in [0.15, 0.2) is 0 Å². The zero-order valence-electron chi connectivity index (χ0n) is 10.4. The highest BCUT2D eigenvalue weighted by molar-refractivity contribution is 5.76. The highest BCUT2D eigenvalue weighted by Crippen LogP contribution is 2.17. The SMILES string of the molecule is CCCC(=O)N1CC(C)CC(NCCO)C1. The van der Waals surface area contributed by atoms with Gasteiger partial charge in [-0.1, -0.05) is 13.8 Å². The molecule has 1 fully saturated rings. The molecular formula is C12H24N2O2. The van der Waals surface area contributed by atoms with Crippen LogP contribution in [0, 0.1) is 5.92 Å². The second kappa shape index (κ2) is 6.86. The van der Waals surface area contributed by atoms with Crippen LogP contribution in [0.3, 0.4) is 0 Å². The summed E-state index contributed by atoms with van der Waals surface area (Å²) in [5.74, 6) is 0.815. The Morgan fingerprint density at radius 3 is 2.88 bits per heavy atom. The van der Waals surface area contributed by atoms with Gasteiger partial charge in [-0.3, -0.25) is 4.79 Å². The summed E-state index contributed by atoms with van der Waals surface area (Å²) in [4.78, 5) is 13.8. The lowest BCUT2D eigenvalue weighted by atomic mass is 9.95. The van der Waals surface area contributed by atoms with Crippen LogP contribution in [0.4, 0.5) is 0 Å². The van der Waals surface area contributed by atoms with E-state index in [0.717, 1.165) is 25.9 Å². The normalized spacial score (nSPS) is 25.8. The van der Waals surface area contributed by atoms with Crippen molar-refractivity contribution in [3.8, 4) is 0 Å². The quantitative estimate of drug-likeness (QED) is 0.725. The fourth-order valence-corrected chi connectivity index (χ4v) is 2.34. The second-order valence-corrected chi connectivity index (χ2v) is 4.76. The van der Waals surface area contributed by atoms with Crippen molar-refractivity contribution >= 4 is 5.91 Å². The van der Waals surface area contributed by atoms with Gasteiger partial charge in [0.1, 0.15) is 0 Å². The van der Waals surface area contributed by atoms with Crippen LogP contribution < -0.4 is 5.32 Å². The van der Waals surface area contributed by atoms with Crippen molar-refractivity contribution in [2.45, 2.75) is 39.2 Å². The Hall–Kier alpha value is -0.610. The number of carbonyl (C=O) groups excluding carboxylic acids is 1. The summed E-state index contributed by atoms with van der Waals surface area (Å²) in [6.45, 7) is 6.67. The third kappa shape index (κ3) is 4.10. The molecule has 0 spiro atoms. The lowest BCUT2D eigenvalue weighted by Crippen LogP contribution is -2.51. The maximum atomic E-state index is 11.8. The molecule has 2 unspecified atom stereocenters. The zero-order valence-corrected chi connectivity index (χ0v) is 10.4. The van der Waals surface area contributed by atoms with Crippen molar-refractivity contribution in [1.29, 1.82) is 0 Å². The maximum Gasteiger partial charge on any atom is 0.222 e. The molecule has 16 heavy (non-hydrogen) atoms. The van der Waals surface area contributed by atoms with E-state index in [2.05, 4.69) is 12.2 Å². The number of hydrogen-bond acceptors (Lipinski definition) is 3. The van der Waals surface area contributed by atoms with Crippen LogP contribution >= 0.6 is 0 Å². The Bertz CT molecular complexity index is 221. The van der Waals surface area contributed by atoms with Gasteiger partial charge < -0.3 is 15.3 Å². The van der Waals surface area contributed by atoms with Crippen molar-refractivity contribution in [2.24, 2.45) is 5.92 Å². The monoisotopic (exact) mass is 228 g/mol.